The molecule has 0 aromatic heterocycles. The third-order valence-corrected chi connectivity index (χ3v) is 6.73. The number of piperidine rings is 1. The molecule has 10 heteroatoms. The molecule has 0 aliphatic carbocycles. The van der Waals surface area contributed by atoms with Crippen LogP contribution in [0.4, 0.5) is 0 Å². The Balaban J connectivity index is 1.52. The maximum atomic E-state index is 13.0. The van der Waals surface area contributed by atoms with Crippen molar-refractivity contribution >= 4 is 23.4 Å². The summed E-state index contributed by atoms with van der Waals surface area (Å²) in [5.41, 5.74) is 1.51. The molecule has 37 heavy (non-hydrogen) atoms. The van der Waals surface area contributed by atoms with E-state index in [1.54, 1.807) is 0 Å². The fourth-order valence-corrected chi connectivity index (χ4v) is 4.49. The second-order valence-electron chi connectivity index (χ2n) is 8.99. The second-order valence-corrected chi connectivity index (χ2v) is 9.42. The molecule has 2 N–H and O–H groups in total. The zero-order valence-electron chi connectivity index (χ0n) is 21.8. The Morgan fingerprint density at radius 1 is 1.00 bits per heavy atom. The number of halogens is 1. The SMILES string of the molecule is COCC(NC(=O)c1cc(OC)c(OC)c(OC)c1)C(=O)NCC1CCN(Cc2ccc(Cl)cc2)CC1. The monoisotopic (exact) mass is 533 g/mol. The molecule has 1 unspecified atom stereocenters. The average Bonchev–Trinajstić information content (AvgIpc) is 2.92. The van der Waals surface area contributed by atoms with Crippen molar-refractivity contribution in [3.8, 4) is 17.2 Å². The van der Waals surface area contributed by atoms with Crippen LogP contribution in [0.2, 0.25) is 5.02 Å². The van der Waals surface area contributed by atoms with Crippen LogP contribution in [0, 0.1) is 5.92 Å². The molecule has 3 rings (SSSR count). The normalized spacial score (nSPS) is 15.1. The molecule has 1 aliphatic rings. The first kappa shape index (κ1) is 28.6. The molecule has 2 aromatic rings. The van der Waals surface area contributed by atoms with E-state index in [2.05, 4.69) is 27.7 Å². The van der Waals surface area contributed by atoms with Gasteiger partial charge in [-0.1, -0.05) is 23.7 Å². The topological polar surface area (TPSA) is 98.4 Å². The highest BCUT2D eigenvalue weighted by atomic mass is 35.5. The predicted molar refractivity (Wildman–Crippen MR) is 142 cm³/mol. The second kappa shape index (κ2) is 14.1. The Morgan fingerprint density at radius 2 is 1.62 bits per heavy atom. The van der Waals surface area contributed by atoms with Crippen molar-refractivity contribution in [2.75, 3.05) is 54.7 Å². The van der Waals surface area contributed by atoms with Gasteiger partial charge in [-0.2, -0.15) is 0 Å². The van der Waals surface area contributed by atoms with E-state index in [1.165, 1.54) is 46.1 Å². The van der Waals surface area contributed by atoms with Gasteiger partial charge >= 0.3 is 0 Å². The maximum absolute atomic E-state index is 13.0. The molecule has 1 heterocycles. The van der Waals surface area contributed by atoms with Gasteiger partial charge in [0.1, 0.15) is 6.04 Å². The third-order valence-electron chi connectivity index (χ3n) is 6.47. The lowest BCUT2D eigenvalue weighted by atomic mass is 9.96. The molecule has 2 aromatic carbocycles. The number of methoxy groups -OCH3 is 4. The van der Waals surface area contributed by atoms with E-state index < -0.39 is 11.9 Å². The summed E-state index contributed by atoms with van der Waals surface area (Å²) >= 11 is 5.98. The predicted octanol–water partition coefficient (Wildman–Crippen LogP) is 3.14. The zero-order chi connectivity index (χ0) is 26.8. The molecule has 1 saturated heterocycles. The summed E-state index contributed by atoms with van der Waals surface area (Å²) in [7, 11) is 5.93. The Kier molecular flexibility index (Phi) is 10.9. The van der Waals surface area contributed by atoms with Gasteiger partial charge < -0.3 is 29.6 Å². The summed E-state index contributed by atoms with van der Waals surface area (Å²) in [6, 6.07) is 10.2. The van der Waals surface area contributed by atoms with Crippen LogP contribution < -0.4 is 24.8 Å². The van der Waals surface area contributed by atoms with Crippen LogP contribution in [0.3, 0.4) is 0 Å². The molecule has 1 fully saturated rings. The minimum atomic E-state index is -0.846. The number of likely N-dealkylation sites (tertiary alicyclic amines) is 1. The number of hydrogen-bond donors (Lipinski definition) is 2. The number of ether oxygens (including phenoxy) is 4. The number of nitrogens with one attached hydrogen (secondary N) is 2. The lowest BCUT2D eigenvalue weighted by molar-refractivity contribution is -0.124. The Labute approximate surface area is 223 Å². The first-order chi connectivity index (χ1) is 17.9. The van der Waals surface area contributed by atoms with Crippen molar-refractivity contribution < 1.29 is 28.5 Å². The van der Waals surface area contributed by atoms with E-state index in [9.17, 15) is 9.59 Å². The van der Waals surface area contributed by atoms with Crippen LogP contribution in [0.25, 0.3) is 0 Å². The molecular weight excluding hydrogens is 498 g/mol. The van der Waals surface area contributed by atoms with Gasteiger partial charge in [0.05, 0.1) is 27.9 Å². The van der Waals surface area contributed by atoms with Crippen LogP contribution in [0.5, 0.6) is 17.2 Å². The lowest BCUT2D eigenvalue weighted by Crippen LogP contribution is -2.50. The Bertz CT molecular complexity index is 1020. The maximum Gasteiger partial charge on any atom is 0.252 e. The van der Waals surface area contributed by atoms with Crippen LogP contribution in [0.1, 0.15) is 28.8 Å². The standard InChI is InChI=1S/C27H36ClN3O6/c1-34-17-22(30-26(32)20-13-23(35-2)25(37-4)24(14-20)36-3)27(33)29-15-18-9-11-31(12-10-18)16-19-5-7-21(28)8-6-19/h5-8,13-14,18,22H,9-12,15-17H2,1-4H3,(H,29,33)(H,30,32). The third kappa shape index (κ3) is 7.99. The van der Waals surface area contributed by atoms with E-state index in [0.717, 1.165) is 37.5 Å². The number of carbonyl (C=O) groups is 2. The highest BCUT2D eigenvalue weighted by Gasteiger charge is 2.25. The number of benzene rings is 2. The van der Waals surface area contributed by atoms with Gasteiger partial charge in [0.15, 0.2) is 11.5 Å². The summed E-state index contributed by atoms with van der Waals surface area (Å²) in [6.45, 7) is 3.40. The van der Waals surface area contributed by atoms with Crippen molar-refractivity contribution in [1.82, 2.24) is 15.5 Å². The first-order valence-corrected chi connectivity index (χ1v) is 12.6. The largest absolute Gasteiger partial charge is 0.493 e. The highest BCUT2D eigenvalue weighted by molar-refractivity contribution is 6.30. The van der Waals surface area contributed by atoms with E-state index in [4.69, 9.17) is 30.5 Å². The van der Waals surface area contributed by atoms with Crippen LogP contribution in [0.15, 0.2) is 36.4 Å². The summed E-state index contributed by atoms with van der Waals surface area (Å²) in [4.78, 5) is 28.3. The summed E-state index contributed by atoms with van der Waals surface area (Å²) in [6.07, 6.45) is 1.97. The molecular formula is C27H36ClN3O6. The summed E-state index contributed by atoms with van der Waals surface area (Å²) in [5.74, 6) is 0.717. The zero-order valence-corrected chi connectivity index (χ0v) is 22.6. The Morgan fingerprint density at radius 3 is 2.16 bits per heavy atom. The number of amides is 2. The van der Waals surface area contributed by atoms with Gasteiger partial charge in [0.25, 0.3) is 5.91 Å². The van der Waals surface area contributed by atoms with Crippen molar-refractivity contribution in [3.05, 3.63) is 52.5 Å². The van der Waals surface area contributed by atoms with Gasteiger partial charge in [-0.15, -0.1) is 0 Å². The van der Waals surface area contributed by atoms with Gasteiger partial charge in [-0.05, 0) is 61.7 Å². The minimum absolute atomic E-state index is 0.0432. The molecule has 0 bridgehead atoms. The number of nitrogens with zero attached hydrogens (tertiary/aromatic N) is 1. The molecule has 0 spiro atoms. The summed E-state index contributed by atoms with van der Waals surface area (Å²) < 4.78 is 21.2. The minimum Gasteiger partial charge on any atom is -0.493 e. The van der Waals surface area contributed by atoms with Gasteiger partial charge in [-0.25, -0.2) is 0 Å². The lowest BCUT2D eigenvalue weighted by Gasteiger charge is -2.32. The smallest absolute Gasteiger partial charge is 0.252 e. The fraction of sp³-hybridized carbons (Fsp3) is 0.481. The van der Waals surface area contributed by atoms with Gasteiger partial charge in [0, 0.05) is 30.8 Å². The van der Waals surface area contributed by atoms with Crippen molar-refractivity contribution in [1.29, 1.82) is 0 Å². The highest BCUT2D eigenvalue weighted by Crippen LogP contribution is 2.38. The van der Waals surface area contributed by atoms with Crippen LogP contribution >= 0.6 is 11.6 Å². The Hall–Kier alpha value is -3.01. The van der Waals surface area contributed by atoms with E-state index >= 15 is 0 Å². The molecule has 0 radical (unpaired) electrons. The van der Waals surface area contributed by atoms with Crippen molar-refractivity contribution in [2.24, 2.45) is 5.92 Å². The fourth-order valence-electron chi connectivity index (χ4n) is 4.37. The molecule has 2 amide bonds. The van der Waals surface area contributed by atoms with E-state index in [-0.39, 0.29) is 18.1 Å². The number of hydrogen-bond acceptors (Lipinski definition) is 7. The summed E-state index contributed by atoms with van der Waals surface area (Å²) in [5, 5.41) is 6.49. The molecule has 1 aliphatic heterocycles. The molecule has 9 nitrogen and oxygen atoms in total. The van der Waals surface area contributed by atoms with E-state index in [0.29, 0.717) is 29.7 Å². The average molecular weight is 534 g/mol. The molecule has 0 saturated carbocycles. The van der Waals surface area contributed by atoms with Crippen LogP contribution in [-0.4, -0.2) is 77.4 Å². The number of rotatable bonds is 12. The molecule has 202 valence electrons. The first-order valence-electron chi connectivity index (χ1n) is 12.2. The molecule has 1 atom stereocenters. The number of carbonyl (C=O) groups excluding carboxylic acids is 2. The quantitative estimate of drug-likeness (QED) is 0.432. The van der Waals surface area contributed by atoms with Crippen LogP contribution in [-0.2, 0) is 16.1 Å². The van der Waals surface area contributed by atoms with Crippen molar-refractivity contribution in [3.63, 3.8) is 0 Å². The van der Waals surface area contributed by atoms with E-state index in [1.807, 2.05) is 12.1 Å². The van der Waals surface area contributed by atoms with Gasteiger partial charge in [0.2, 0.25) is 11.7 Å². The van der Waals surface area contributed by atoms with Crippen molar-refractivity contribution in [2.45, 2.75) is 25.4 Å². The van der Waals surface area contributed by atoms with Gasteiger partial charge in [-0.3, -0.25) is 14.5 Å².